The highest BCUT2D eigenvalue weighted by atomic mass is 16.6. The van der Waals surface area contributed by atoms with Crippen LogP contribution in [0, 0.1) is 0 Å². The molecule has 0 radical (unpaired) electrons. The van der Waals surface area contributed by atoms with Gasteiger partial charge in [-0.2, -0.15) is 0 Å². The molecule has 1 atom stereocenters. The number of amides is 1. The molecule has 1 unspecified atom stereocenters. The number of fused-ring (bicyclic) bond motifs is 2. The molecule has 102 valence electrons. The van der Waals surface area contributed by atoms with Crippen LogP contribution in [0.2, 0.25) is 0 Å². The van der Waals surface area contributed by atoms with E-state index < -0.39 is 0 Å². The van der Waals surface area contributed by atoms with Gasteiger partial charge in [-0.15, -0.1) is 0 Å². The summed E-state index contributed by atoms with van der Waals surface area (Å²) in [6.45, 7) is 3.84. The molecule has 5 heteroatoms. The molecule has 0 saturated carbocycles. The van der Waals surface area contributed by atoms with Gasteiger partial charge in [0.25, 0.3) is 0 Å². The fraction of sp³-hybridized carbons (Fsp3) is 0.500. The Labute approximate surface area is 112 Å². The van der Waals surface area contributed by atoms with Crippen molar-refractivity contribution in [3.05, 3.63) is 23.3 Å². The molecule has 0 bridgehead atoms. The molecule has 3 rings (SSSR count). The topological polar surface area (TPSA) is 48.0 Å². The Kier molecular flexibility index (Phi) is 2.97. The number of carbonyl (C=O) groups is 1. The van der Waals surface area contributed by atoms with E-state index in [1.54, 1.807) is 4.90 Å². The van der Waals surface area contributed by atoms with Crippen molar-refractivity contribution in [1.29, 1.82) is 0 Å². The van der Waals surface area contributed by atoms with Crippen molar-refractivity contribution in [2.75, 3.05) is 26.9 Å². The summed E-state index contributed by atoms with van der Waals surface area (Å²) in [6, 6.07) is 4.02. The molecule has 0 spiro atoms. The first-order chi connectivity index (χ1) is 9.20. The standard InChI is InChI=1S/C14H17NO4/c1-9-11-8-13-12(18-5-6-19-13)7-10(11)3-4-15(9)14(16)17-2/h7-9H,3-6H2,1-2H3. The fourth-order valence-electron chi connectivity index (χ4n) is 2.72. The molecule has 2 aliphatic heterocycles. The summed E-state index contributed by atoms with van der Waals surface area (Å²) in [5.41, 5.74) is 2.33. The highest BCUT2D eigenvalue weighted by molar-refractivity contribution is 5.69. The van der Waals surface area contributed by atoms with Gasteiger partial charge in [-0.1, -0.05) is 0 Å². The van der Waals surface area contributed by atoms with Crippen molar-refractivity contribution < 1.29 is 19.0 Å². The molecule has 1 aromatic carbocycles. The smallest absolute Gasteiger partial charge is 0.409 e. The second-order valence-electron chi connectivity index (χ2n) is 4.78. The van der Waals surface area contributed by atoms with Gasteiger partial charge in [-0.25, -0.2) is 4.79 Å². The molecule has 2 aliphatic rings. The minimum Gasteiger partial charge on any atom is -0.486 e. The van der Waals surface area contributed by atoms with Gasteiger partial charge in [0, 0.05) is 6.54 Å². The maximum absolute atomic E-state index is 11.7. The lowest BCUT2D eigenvalue weighted by Gasteiger charge is -2.35. The molecule has 0 aromatic heterocycles. The lowest BCUT2D eigenvalue weighted by Crippen LogP contribution is -2.38. The third kappa shape index (κ3) is 1.99. The molecular weight excluding hydrogens is 246 g/mol. The van der Waals surface area contributed by atoms with Crippen molar-refractivity contribution in [2.45, 2.75) is 19.4 Å². The molecular formula is C14H17NO4. The van der Waals surface area contributed by atoms with Gasteiger partial charge in [0.05, 0.1) is 13.2 Å². The summed E-state index contributed by atoms with van der Waals surface area (Å²) in [4.78, 5) is 13.5. The molecule has 1 aromatic rings. The number of rotatable bonds is 0. The number of carbonyl (C=O) groups excluding carboxylic acids is 1. The van der Waals surface area contributed by atoms with E-state index in [0.29, 0.717) is 19.8 Å². The largest absolute Gasteiger partial charge is 0.486 e. The summed E-state index contributed by atoms with van der Waals surface area (Å²) in [6.07, 6.45) is 0.527. The third-order valence-electron chi connectivity index (χ3n) is 3.75. The number of nitrogens with zero attached hydrogens (tertiary/aromatic N) is 1. The van der Waals surface area contributed by atoms with Crippen LogP contribution in [0.4, 0.5) is 4.79 Å². The lowest BCUT2D eigenvalue weighted by atomic mass is 9.93. The Morgan fingerprint density at radius 1 is 1.32 bits per heavy atom. The van der Waals surface area contributed by atoms with Crippen molar-refractivity contribution >= 4 is 6.09 Å². The average molecular weight is 263 g/mol. The number of ether oxygens (including phenoxy) is 3. The van der Waals surface area contributed by atoms with Gasteiger partial charge in [0.15, 0.2) is 11.5 Å². The van der Waals surface area contributed by atoms with E-state index in [4.69, 9.17) is 14.2 Å². The Balaban J connectivity index is 1.97. The van der Waals surface area contributed by atoms with Crippen LogP contribution in [-0.4, -0.2) is 37.9 Å². The molecule has 0 N–H and O–H groups in total. The van der Waals surface area contributed by atoms with Gasteiger partial charge in [0.1, 0.15) is 13.2 Å². The van der Waals surface area contributed by atoms with Gasteiger partial charge in [-0.3, -0.25) is 0 Å². The first-order valence-electron chi connectivity index (χ1n) is 6.47. The van der Waals surface area contributed by atoms with Crippen molar-refractivity contribution in [1.82, 2.24) is 4.90 Å². The van der Waals surface area contributed by atoms with Gasteiger partial charge >= 0.3 is 6.09 Å². The predicted octanol–water partition coefficient (Wildman–Crippen LogP) is 2.14. The summed E-state index contributed by atoms with van der Waals surface area (Å²) < 4.78 is 16.0. The van der Waals surface area contributed by atoms with Crippen LogP contribution >= 0.6 is 0 Å². The van der Waals surface area contributed by atoms with Crippen LogP contribution < -0.4 is 9.47 Å². The maximum Gasteiger partial charge on any atom is 0.409 e. The van der Waals surface area contributed by atoms with Crippen LogP contribution in [-0.2, 0) is 11.2 Å². The molecule has 19 heavy (non-hydrogen) atoms. The SMILES string of the molecule is COC(=O)N1CCc2cc3c(cc2C1C)OCCO3. The Bertz CT molecular complexity index is 514. The van der Waals surface area contributed by atoms with E-state index in [1.165, 1.54) is 12.7 Å². The van der Waals surface area contributed by atoms with E-state index in [-0.39, 0.29) is 12.1 Å². The quantitative estimate of drug-likeness (QED) is 0.719. The van der Waals surface area contributed by atoms with Crippen molar-refractivity contribution in [3.8, 4) is 11.5 Å². The monoisotopic (exact) mass is 263 g/mol. The van der Waals surface area contributed by atoms with E-state index in [1.807, 2.05) is 19.1 Å². The number of hydrogen-bond acceptors (Lipinski definition) is 4. The van der Waals surface area contributed by atoms with Gasteiger partial charge < -0.3 is 19.1 Å². The minimum atomic E-state index is -0.284. The Hall–Kier alpha value is -1.91. The highest BCUT2D eigenvalue weighted by Crippen LogP contribution is 2.39. The Morgan fingerprint density at radius 2 is 2.00 bits per heavy atom. The zero-order chi connectivity index (χ0) is 13.4. The molecule has 1 amide bonds. The molecule has 0 fully saturated rings. The molecule has 0 aliphatic carbocycles. The summed E-state index contributed by atoms with van der Waals surface area (Å²) >= 11 is 0. The van der Waals surface area contributed by atoms with E-state index in [2.05, 4.69) is 0 Å². The van der Waals surface area contributed by atoms with Gasteiger partial charge in [0.2, 0.25) is 0 Å². The average Bonchev–Trinajstić information content (AvgIpc) is 2.45. The fourth-order valence-corrected chi connectivity index (χ4v) is 2.72. The number of methoxy groups -OCH3 is 1. The third-order valence-corrected chi connectivity index (χ3v) is 3.75. The highest BCUT2D eigenvalue weighted by Gasteiger charge is 2.30. The maximum atomic E-state index is 11.7. The van der Waals surface area contributed by atoms with Crippen LogP contribution in [0.15, 0.2) is 12.1 Å². The predicted molar refractivity (Wildman–Crippen MR) is 68.7 cm³/mol. The van der Waals surface area contributed by atoms with E-state index in [0.717, 1.165) is 23.5 Å². The van der Waals surface area contributed by atoms with Gasteiger partial charge in [-0.05, 0) is 36.6 Å². The normalized spacial score (nSPS) is 20.7. The summed E-state index contributed by atoms with van der Waals surface area (Å²) in [7, 11) is 1.41. The second-order valence-corrected chi connectivity index (χ2v) is 4.78. The number of hydrogen-bond donors (Lipinski definition) is 0. The zero-order valence-corrected chi connectivity index (χ0v) is 11.1. The first kappa shape index (κ1) is 12.1. The first-order valence-corrected chi connectivity index (χ1v) is 6.47. The second kappa shape index (κ2) is 4.64. The summed E-state index contributed by atoms with van der Waals surface area (Å²) in [5.74, 6) is 1.58. The van der Waals surface area contributed by atoms with Crippen molar-refractivity contribution in [2.24, 2.45) is 0 Å². The van der Waals surface area contributed by atoms with E-state index >= 15 is 0 Å². The zero-order valence-electron chi connectivity index (χ0n) is 11.1. The van der Waals surface area contributed by atoms with Crippen LogP contribution in [0.25, 0.3) is 0 Å². The minimum absolute atomic E-state index is 0.00738. The molecule has 5 nitrogen and oxygen atoms in total. The summed E-state index contributed by atoms with van der Waals surface area (Å²) in [5, 5.41) is 0. The Morgan fingerprint density at radius 3 is 2.68 bits per heavy atom. The molecule has 2 heterocycles. The molecule has 0 saturated heterocycles. The van der Waals surface area contributed by atoms with Crippen LogP contribution in [0.3, 0.4) is 0 Å². The van der Waals surface area contributed by atoms with Crippen LogP contribution in [0.5, 0.6) is 11.5 Å². The van der Waals surface area contributed by atoms with Crippen LogP contribution in [0.1, 0.15) is 24.1 Å². The van der Waals surface area contributed by atoms with E-state index in [9.17, 15) is 4.79 Å². The van der Waals surface area contributed by atoms with Crippen molar-refractivity contribution in [3.63, 3.8) is 0 Å². The lowest BCUT2D eigenvalue weighted by molar-refractivity contribution is 0.104. The number of benzene rings is 1.